The molecule has 27 heavy (non-hydrogen) atoms. The van der Waals surface area contributed by atoms with Gasteiger partial charge in [-0.25, -0.2) is 18.6 Å². The molecule has 0 aliphatic carbocycles. The molecule has 2 amide bonds. The van der Waals surface area contributed by atoms with Crippen LogP contribution in [0.5, 0.6) is 0 Å². The molecule has 1 N–H and O–H groups in total. The number of hydrogen-bond donors (Lipinski definition) is 1. The standard InChI is InChI=1S/C19H18F2N4OS/c1-12-4-2-7-15-16(12)23-19(27-15)25-10-8-24(9-11-25)18(26)22-17-13(20)5-3-6-14(17)21/h2-7H,8-11H2,1H3,(H,22,26). The lowest BCUT2D eigenvalue weighted by Gasteiger charge is -2.34. The number of nitrogens with one attached hydrogen (secondary N) is 1. The van der Waals surface area contributed by atoms with Gasteiger partial charge in [-0.3, -0.25) is 0 Å². The van der Waals surface area contributed by atoms with Crippen molar-refractivity contribution in [3.63, 3.8) is 0 Å². The van der Waals surface area contributed by atoms with Crippen LogP contribution in [0.3, 0.4) is 0 Å². The van der Waals surface area contributed by atoms with Crippen LogP contribution in [0.25, 0.3) is 10.2 Å². The van der Waals surface area contributed by atoms with Gasteiger partial charge in [-0.2, -0.15) is 0 Å². The van der Waals surface area contributed by atoms with Crippen LogP contribution in [0.2, 0.25) is 0 Å². The number of nitrogens with zero attached hydrogens (tertiary/aromatic N) is 3. The molecule has 1 saturated heterocycles. The van der Waals surface area contributed by atoms with E-state index in [2.05, 4.69) is 16.3 Å². The number of piperazine rings is 1. The van der Waals surface area contributed by atoms with E-state index in [-0.39, 0.29) is 0 Å². The second kappa shape index (κ2) is 7.11. The predicted molar refractivity (Wildman–Crippen MR) is 104 cm³/mol. The molecule has 2 heterocycles. The lowest BCUT2D eigenvalue weighted by Crippen LogP contribution is -2.50. The van der Waals surface area contributed by atoms with Crippen molar-refractivity contribution >= 4 is 38.4 Å². The van der Waals surface area contributed by atoms with Crippen molar-refractivity contribution in [2.24, 2.45) is 0 Å². The lowest BCUT2D eigenvalue weighted by atomic mass is 10.2. The van der Waals surface area contributed by atoms with E-state index in [1.807, 2.05) is 19.1 Å². The number of benzene rings is 2. The van der Waals surface area contributed by atoms with Crippen LogP contribution >= 0.6 is 11.3 Å². The van der Waals surface area contributed by atoms with E-state index in [4.69, 9.17) is 4.98 Å². The summed E-state index contributed by atoms with van der Waals surface area (Å²) in [6, 6.07) is 9.10. The number of carbonyl (C=O) groups is 1. The van der Waals surface area contributed by atoms with Gasteiger partial charge >= 0.3 is 6.03 Å². The largest absolute Gasteiger partial charge is 0.345 e. The lowest BCUT2D eigenvalue weighted by molar-refractivity contribution is 0.208. The van der Waals surface area contributed by atoms with E-state index in [0.29, 0.717) is 26.2 Å². The summed E-state index contributed by atoms with van der Waals surface area (Å²) in [5.41, 5.74) is 1.74. The molecule has 4 rings (SSSR count). The number of halogens is 2. The van der Waals surface area contributed by atoms with Gasteiger partial charge < -0.3 is 15.1 Å². The molecule has 1 fully saturated rings. The molecule has 0 radical (unpaired) electrons. The average molecular weight is 388 g/mol. The smallest absolute Gasteiger partial charge is 0.322 e. The first kappa shape index (κ1) is 17.7. The first-order valence-corrected chi connectivity index (χ1v) is 9.45. The van der Waals surface area contributed by atoms with Crippen LogP contribution in [0.4, 0.5) is 24.4 Å². The molecule has 140 valence electrons. The molecule has 2 aromatic carbocycles. The maximum atomic E-state index is 13.7. The molecule has 1 aliphatic rings. The fourth-order valence-electron chi connectivity index (χ4n) is 3.11. The zero-order chi connectivity index (χ0) is 19.0. The Bertz CT molecular complexity index is 978. The average Bonchev–Trinajstić information content (AvgIpc) is 3.11. The SMILES string of the molecule is Cc1cccc2sc(N3CCN(C(=O)Nc4c(F)cccc4F)CC3)nc12. The zero-order valence-electron chi connectivity index (χ0n) is 14.7. The van der Waals surface area contributed by atoms with Gasteiger partial charge in [-0.05, 0) is 30.7 Å². The van der Waals surface area contributed by atoms with Gasteiger partial charge in [0.2, 0.25) is 0 Å². The van der Waals surface area contributed by atoms with Crippen molar-refractivity contribution in [1.29, 1.82) is 0 Å². The Morgan fingerprint density at radius 2 is 1.74 bits per heavy atom. The molecule has 0 unspecified atom stereocenters. The Hall–Kier alpha value is -2.74. The van der Waals surface area contributed by atoms with Crippen molar-refractivity contribution in [3.05, 3.63) is 53.6 Å². The Morgan fingerprint density at radius 1 is 1.07 bits per heavy atom. The predicted octanol–water partition coefficient (Wildman–Crippen LogP) is 4.24. The first-order valence-electron chi connectivity index (χ1n) is 8.64. The van der Waals surface area contributed by atoms with Gasteiger partial charge in [0.1, 0.15) is 17.3 Å². The third-order valence-electron chi connectivity index (χ3n) is 4.64. The minimum Gasteiger partial charge on any atom is -0.345 e. The summed E-state index contributed by atoms with van der Waals surface area (Å²) in [7, 11) is 0. The second-order valence-corrected chi connectivity index (χ2v) is 7.43. The summed E-state index contributed by atoms with van der Waals surface area (Å²) >= 11 is 1.63. The third kappa shape index (κ3) is 3.44. The number of rotatable bonds is 2. The van der Waals surface area contributed by atoms with Crippen molar-refractivity contribution in [2.75, 3.05) is 36.4 Å². The highest BCUT2D eigenvalue weighted by Crippen LogP contribution is 2.31. The van der Waals surface area contributed by atoms with E-state index in [0.717, 1.165) is 33.0 Å². The van der Waals surface area contributed by atoms with Crippen molar-refractivity contribution in [1.82, 2.24) is 9.88 Å². The maximum absolute atomic E-state index is 13.7. The fourth-order valence-corrected chi connectivity index (χ4v) is 4.21. The van der Waals surface area contributed by atoms with E-state index in [1.165, 1.54) is 6.07 Å². The number of fused-ring (bicyclic) bond motifs is 1. The molecule has 1 aliphatic heterocycles. The highest BCUT2D eigenvalue weighted by atomic mass is 32.1. The normalized spacial score (nSPS) is 14.6. The highest BCUT2D eigenvalue weighted by Gasteiger charge is 2.24. The van der Waals surface area contributed by atoms with Crippen LogP contribution in [-0.4, -0.2) is 42.1 Å². The van der Waals surface area contributed by atoms with Crippen LogP contribution in [0.1, 0.15) is 5.56 Å². The van der Waals surface area contributed by atoms with Crippen molar-refractivity contribution < 1.29 is 13.6 Å². The van der Waals surface area contributed by atoms with Crippen LogP contribution < -0.4 is 10.2 Å². The molecule has 1 aromatic heterocycles. The number of anilines is 2. The number of hydrogen-bond acceptors (Lipinski definition) is 4. The van der Waals surface area contributed by atoms with E-state index < -0.39 is 23.4 Å². The summed E-state index contributed by atoms with van der Waals surface area (Å²) in [4.78, 5) is 20.8. The number of para-hydroxylation sites is 2. The van der Waals surface area contributed by atoms with Gasteiger partial charge in [-0.1, -0.05) is 29.5 Å². The topological polar surface area (TPSA) is 48.5 Å². The van der Waals surface area contributed by atoms with Crippen LogP contribution in [0.15, 0.2) is 36.4 Å². The Morgan fingerprint density at radius 3 is 2.41 bits per heavy atom. The molecule has 0 saturated carbocycles. The zero-order valence-corrected chi connectivity index (χ0v) is 15.5. The Labute approximate surface area is 159 Å². The minimum atomic E-state index is -0.785. The summed E-state index contributed by atoms with van der Waals surface area (Å²) in [6.07, 6.45) is 0. The van der Waals surface area contributed by atoms with Crippen LogP contribution in [0, 0.1) is 18.6 Å². The molecule has 0 spiro atoms. The summed E-state index contributed by atoms with van der Waals surface area (Å²) in [6.45, 7) is 4.18. The van der Waals surface area contributed by atoms with E-state index in [9.17, 15) is 13.6 Å². The molecule has 3 aromatic rings. The first-order chi connectivity index (χ1) is 13.0. The summed E-state index contributed by atoms with van der Waals surface area (Å²) in [5, 5.41) is 3.27. The fraction of sp³-hybridized carbons (Fsp3) is 0.263. The van der Waals surface area contributed by atoms with Gasteiger partial charge in [0.05, 0.1) is 10.2 Å². The van der Waals surface area contributed by atoms with Gasteiger partial charge in [0, 0.05) is 26.2 Å². The minimum absolute atomic E-state index is 0.411. The number of urea groups is 1. The Balaban J connectivity index is 1.42. The van der Waals surface area contributed by atoms with Crippen molar-refractivity contribution in [3.8, 4) is 0 Å². The number of aryl methyl sites for hydroxylation is 1. The van der Waals surface area contributed by atoms with Gasteiger partial charge in [-0.15, -0.1) is 0 Å². The maximum Gasteiger partial charge on any atom is 0.322 e. The third-order valence-corrected chi connectivity index (χ3v) is 5.72. The van der Waals surface area contributed by atoms with E-state index in [1.54, 1.807) is 16.2 Å². The molecule has 0 bridgehead atoms. The van der Waals surface area contributed by atoms with Gasteiger partial charge in [0.25, 0.3) is 0 Å². The number of aromatic nitrogens is 1. The number of carbonyl (C=O) groups excluding carboxylic acids is 1. The molecule has 5 nitrogen and oxygen atoms in total. The quantitative estimate of drug-likeness (QED) is 0.715. The van der Waals surface area contributed by atoms with Crippen LogP contribution in [-0.2, 0) is 0 Å². The monoisotopic (exact) mass is 388 g/mol. The van der Waals surface area contributed by atoms with Crippen molar-refractivity contribution in [2.45, 2.75) is 6.92 Å². The second-order valence-electron chi connectivity index (χ2n) is 6.42. The molecular weight excluding hydrogens is 370 g/mol. The highest BCUT2D eigenvalue weighted by molar-refractivity contribution is 7.22. The van der Waals surface area contributed by atoms with Gasteiger partial charge in [0.15, 0.2) is 5.13 Å². The molecule has 8 heteroatoms. The Kier molecular flexibility index (Phi) is 4.65. The molecular formula is C19H18F2N4OS. The number of thiazole rings is 1. The summed E-state index contributed by atoms with van der Waals surface area (Å²) in [5.74, 6) is -1.57. The van der Waals surface area contributed by atoms with E-state index >= 15 is 0 Å². The molecule has 0 atom stereocenters. The summed E-state index contributed by atoms with van der Waals surface area (Å²) < 4.78 is 28.6. The number of amides is 2.